The normalized spacial score (nSPS) is 13.3. The minimum atomic E-state index is -3.52. The zero-order valence-electron chi connectivity index (χ0n) is 9.70. The lowest BCUT2D eigenvalue weighted by Crippen LogP contribution is -2.19. The molecular weight excluding hydrogens is 319 g/mol. The molecule has 18 heavy (non-hydrogen) atoms. The third kappa shape index (κ3) is 6.14. The van der Waals surface area contributed by atoms with Crippen LogP contribution < -0.4 is 4.74 Å². The summed E-state index contributed by atoms with van der Waals surface area (Å²) in [7, 11) is 1.70. The molecule has 1 rings (SSSR count). The molecule has 0 saturated carbocycles. The molecule has 0 heterocycles. The molecule has 0 aliphatic rings. The second kappa shape index (κ2) is 6.85. The van der Waals surface area contributed by atoms with Crippen molar-refractivity contribution in [3.05, 3.63) is 28.2 Å². The van der Waals surface area contributed by atoms with Crippen molar-refractivity contribution in [3.8, 4) is 5.75 Å². The summed E-state index contributed by atoms with van der Waals surface area (Å²) in [6, 6.07) is 4.83. The van der Waals surface area contributed by atoms with E-state index in [1.54, 1.807) is 18.2 Å². The molecule has 0 radical (unpaired) electrons. The van der Waals surface area contributed by atoms with E-state index >= 15 is 0 Å². The quantitative estimate of drug-likeness (QED) is 0.741. The van der Waals surface area contributed by atoms with Crippen LogP contribution in [0.25, 0.3) is 0 Å². The Balaban J connectivity index is 2.62. The van der Waals surface area contributed by atoms with E-state index in [0.717, 1.165) is 0 Å². The maximum atomic E-state index is 11.0. The molecule has 3 nitrogen and oxygen atoms in total. The van der Waals surface area contributed by atoms with Crippen molar-refractivity contribution >= 4 is 42.9 Å². The topological polar surface area (TPSA) is 43.4 Å². The van der Waals surface area contributed by atoms with E-state index in [1.807, 2.05) is 6.92 Å². The summed E-state index contributed by atoms with van der Waals surface area (Å²) in [5.74, 6) is 0.238. The van der Waals surface area contributed by atoms with Crippen LogP contribution in [0.3, 0.4) is 0 Å². The van der Waals surface area contributed by atoms with Crippen LogP contribution in [-0.2, 0) is 9.05 Å². The van der Waals surface area contributed by atoms with Crippen LogP contribution in [0.1, 0.15) is 13.3 Å². The lowest BCUT2D eigenvalue weighted by Gasteiger charge is -2.14. The van der Waals surface area contributed by atoms with Gasteiger partial charge < -0.3 is 4.74 Å². The molecule has 0 fully saturated rings. The van der Waals surface area contributed by atoms with Gasteiger partial charge in [-0.3, -0.25) is 0 Å². The van der Waals surface area contributed by atoms with Crippen LogP contribution in [0.2, 0.25) is 10.0 Å². The van der Waals surface area contributed by atoms with Gasteiger partial charge >= 0.3 is 0 Å². The number of hydrogen-bond donors (Lipinski definition) is 0. The van der Waals surface area contributed by atoms with Gasteiger partial charge in [-0.15, -0.1) is 0 Å². The van der Waals surface area contributed by atoms with Gasteiger partial charge in [0.15, 0.2) is 0 Å². The predicted molar refractivity (Wildman–Crippen MR) is 75.4 cm³/mol. The fourth-order valence-electron chi connectivity index (χ4n) is 1.39. The first-order valence-electron chi connectivity index (χ1n) is 5.31. The van der Waals surface area contributed by atoms with E-state index in [9.17, 15) is 8.42 Å². The Morgan fingerprint density at radius 1 is 1.22 bits per heavy atom. The average Bonchev–Trinajstić information content (AvgIpc) is 2.21. The molecule has 1 aromatic carbocycles. The van der Waals surface area contributed by atoms with Crippen molar-refractivity contribution in [3.63, 3.8) is 0 Å². The zero-order valence-corrected chi connectivity index (χ0v) is 12.8. The minimum absolute atomic E-state index is 0.112. The van der Waals surface area contributed by atoms with Gasteiger partial charge in [0, 0.05) is 26.6 Å². The highest BCUT2D eigenvalue weighted by Gasteiger charge is 2.16. The summed E-state index contributed by atoms with van der Waals surface area (Å²) in [6.45, 7) is 2.13. The largest absolute Gasteiger partial charge is 0.493 e. The zero-order chi connectivity index (χ0) is 13.8. The molecule has 0 spiro atoms. The summed E-state index contributed by atoms with van der Waals surface area (Å²) in [4.78, 5) is 0. The number of hydrogen-bond acceptors (Lipinski definition) is 3. The van der Waals surface area contributed by atoms with Crippen LogP contribution >= 0.6 is 33.9 Å². The summed E-state index contributed by atoms with van der Waals surface area (Å²) < 4.78 is 27.5. The van der Waals surface area contributed by atoms with Crippen molar-refractivity contribution < 1.29 is 13.2 Å². The Morgan fingerprint density at radius 3 is 2.22 bits per heavy atom. The van der Waals surface area contributed by atoms with Crippen LogP contribution in [0.5, 0.6) is 5.75 Å². The van der Waals surface area contributed by atoms with Crippen LogP contribution in [-0.4, -0.2) is 20.8 Å². The highest BCUT2D eigenvalue weighted by Crippen LogP contribution is 2.25. The number of rotatable bonds is 6. The van der Waals surface area contributed by atoms with E-state index < -0.39 is 9.05 Å². The highest BCUT2D eigenvalue weighted by atomic mass is 35.7. The average molecular weight is 332 g/mol. The molecule has 1 atom stereocenters. The first-order chi connectivity index (χ1) is 8.30. The van der Waals surface area contributed by atoms with Crippen LogP contribution in [0, 0.1) is 5.92 Å². The fraction of sp³-hybridized carbons (Fsp3) is 0.455. The Bertz CT molecular complexity index is 482. The summed E-state index contributed by atoms with van der Waals surface area (Å²) >= 11 is 11.6. The molecule has 1 aromatic rings. The summed E-state index contributed by atoms with van der Waals surface area (Å²) in [5.41, 5.74) is 0. The summed E-state index contributed by atoms with van der Waals surface area (Å²) in [5, 5.41) is 0.936. The fourth-order valence-corrected chi connectivity index (χ4v) is 3.33. The molecule has 0 aromatic heterocycles. The van der Waals surface area contributed by atoms with E-state index in [-0.39, 0.29) is 18.3 Å². The molecule has 7 heteroatoms. The lowest BCUT2D eigenvalue weighted by molar-refractivity contribution is 0.258. The smallest absolute Gasteiger partial charge is 0.232 e. The third-order valence-electron chi connectivity index (χ3n) is 2.33. The van der Waals surface area contributed by atoms with Gasteiger partial charge in [0.25, 0.3) is 0 Å². The second-order valence-corrected chi connectivity index (χ2v) is 7.59. The lowest BCUT2D eigenvalue weighted by atomic mass is 10.1. The first kappa shape index (κ1) is 15.9. The molecule has 0 saturated heterocycles. The molecule has 0 amide bonds. The van der Waals surface area contributed by atoms with E-state index in [1.165, 1.54) is 0 Å². The van der Waals surface area contributed by atoms with Gasteiger partial charge in [0.1, 0.15) is 5.75 Å². The van der Waals surface area contributed by atoms with E-state index in [2.05, 4.69) is 0 Å². The van der Waals surface area contributed by atoms with Crippen LogP contribution in [0.15, 0.2) is 18.2 Å². The van der Waals surface area contributed by atoms with Gasteiger partial charge in [-0.1, -0.05) is 30.1 Å². The van der Waals surface area contributed by atoms with Crippen molar-refractivity contribution in [2.24, 2.45) is 5.92 Å². The minimum Gasteiger partial charge on any atom is -0.493 e. The monoisotopic (exact) mass is 330 g/mol. The van der Waals surface area contributed by atoms with Crippen molar-refractivity contribution in [1.82, 2.24) is 0 Å². The van der Waals surface area contributed by atoms with Gasteiger partial charge in [0.2, 0.25) is 9.05 Å². The molecule has 102 valence electrons. The molecule has 0 aliphatic carbocycles. The number of ether oxygens (including phenoxy) is 1. The van der Waals surface area contributed by atoms with Crippen molar-refractivity contribution in [1.29, 1.82) is 0 Å². The second-order valence-electron chi connectivity index (χ2n) is 3.90. The maximum absolute atomic E-state index is 11.0. The van der Waals surface area contributed by atoms with Crippen LogP contribution in [0.4, 0.5) is 0 Å². The molecule has 1 unspecified atom stereocenters. The van der Waals surface area contributed by atoms with Crippen molar-refractivity contribution in [2.45, 2.75) is 13.3 Å². The Hall–Kier alpha value is -0.160. The van der Waals surface area contributed by atoms with Gasteiger partial charge in [-0.05, 0) is 24.6 Å². The Morgan fingerprint density at radius 2 is 1.78 bits per heavy atom. The van der Waals surface area contributed by atoms with E-state index in [4.69, 9.17) is 38.6 Å². The number of halogens is 3. The van der Waals surface area contributed by atoms with E-state index in [0.29, 0.717) is 22.2 Å². The highest BCUT2D eigenvalue weighted by molar-refractivity contribution is 8.13. The molecule has 0 N–H and O–H groups in total. The maximum Gasteiger partial charge on any atom is 0.232 e. The standard InChI is InChI=1S/C11H13Cl3O3S/c1-2-8(7-18(14,15)16)6-17-11-4-9(12)3-10(13)5-11/h3-5,8H,2,6-7H2,1H3. The molecule has 0 aliphatic heterocycles. The first-order valence-corrected chi connectivity index (χ1v) is 8.55. The van der Waals surface area contributed by atoms with Crippen molar-refractivity contribution in [2.75, 3.05) is 12.4 Å². The summed E-state index contributed by atoms with van der Waals surface area (Å²) in [6.07, 6.45) is 0.653. The third-order valence-corrected chi connectivity index (χ3v) is 4.02. The van der Waals surface area contributed by atoms with Gasteiger partial charge in [-0.25, -0.2) is 8.42 Å². The Kier molecular flexibility index (Phi) is 6.05. The predicted octanol–water partition coefficient (Wildman–Crippen LogP) is 3.97. The molecule has 0 bridgehead atoms. The van der Waals surface area contributed by atoms with Gasteiger partial charge in [0.05, 0.1) is 12.4 Å². The number of benzene rings is 1. The Labute approximate surface area is 121 Å². The van der Waals surface area contributed by atoms with Gasteiger partial charge in [-0.2, -0.15) is 0 Å². The molecular formula is C11H13Cl3O3S. The SMILES string of the molecule is CCC(COc1cc(Cl)cc(Cl)c1)CS(=O)(=O)Cl.